The van der Waals surface area contributed by atoms with Gasteiger partial charge in [-0.25, -0.2) is 0 Å². The van der Waals surface area contributed by atoms with Gasteiger partial charge in [-0.05, 0) is 92.5 Å². The molecule has 1 atom stereocenters. The Hall–Kier alpha value is -6.91. The minimum atomic E-state index is -0.230. The normalized spacial score (nSPS) is 15.8. The van der Waals surface area contributed by atoms with Crippen LogP contribution in [-0.2, 0) is 5.41 Å². The third-order valence-electron chi connectivity index (χ3n) is 11.7. The molecule has 9 aromatic rings. The molecule has 4 nitrogen and oxygen atoms in total. The van der Waals surface area contributed by atoms with E-state index in [0.717, 1.165) is 44.7 Å². The molecule has 11 rings (SSSR count). The Bertz CT molecular complexity index is 3030. The van der Waals surface area contributed by atoms with E-state index in [1.54, 1.807) is 0 Å². The minimum Gasteiger partial charge on any atom is -0.464 e. The number of aromatic nitrogens is 1. The van der Waals surface area contributed by atoms with Gasteiger partial charge in [-0.3, -0.25) is 9.56 Å². The fourth-order valence-electron chi connectivity index (χ4n) is 9.06. The van der Waals surface area contributed by atoms with E-state index < -0.39 is 0 Å². The third-order valence-corrected chi connectivity index (χ3v) is 11.7. The number of rotatable bonds is 4. The summed E-state index contributed by atoms with van der Waals surface area (Å²) in [5.74, 6) is 0.995. The lowest BCUT2D eigenvalue weighted by Crippen LogP contribution is -2.27. The number of para-hydroxylation sites is 1. The van der Waals surface area contributed by atoms with Crippen LogP contribution in [0.2, 0.25) is 0 Å². The first-order chi connectivity index (χ1) is 27.0. The SMILES string of the molecule is CC1(C)c2ccccc2-c2ccc3occc3c2-c2cc(-c3ccc4c(c3)c3ccccc3n4C3=CC(c4ccccc4)=NC(c4ccccc4)N3)ccc21. The Morgan fingerprint density at radius 1 is 0.564 bits per heavy atom. The van der Waals surface area contributed by atoms with Gasteiger partial charge in [0.2, 0.25) is 0 Å². The van der Waals surface area contributed by atoms with Gasteiger partial charge in [0, 0.05) is 33.2 Å². The Labute approximate surface area is 319 Å². The molecule has 2 aliphatic rings. The first-order valence-electron chi connectivity index (χ1n) is 19.0. The summed E-state index contributed by atoms with van der Waals surface area (Å²) in [5, 5.41) is 7.36. The van der Waals surface area contributed by atoms with Crippen molar-refractivity contribution in [2.24, 2.45) is 4.99 Å². The summed E-state index contributed by atoms with van der Waals surface area (Å²) in [4.78, 5) is 5.20. The fraction of sp³-hybridized carbons (Fsp3) is 0.0784. The van der Waals surface area contributed by atoms with E-state index in [9.17, 15) is 0 Å². The first-order valence-corrected chi connectivity index (χ1v) is 19.0. The quantitative estimate of drug-likeness (QED) is 0.198. The van der Waals surface area contributed by atoms with Gasteiger partial charge in [-0.2, -0.15) is 0 Å². The second-order valence-corrected chi connectivity index (χ2v) is 15.2. The summed E-state index contributed by atoms with van der Waals surface area (Å²) in [6.45, 7) is 4.71. The molecular formula is C51H37N3O. The molecular weight excluding hydrogens is 671 g/mol. The van der Waals surface area contributed by atoms with Gasteiger partial charge < -0.3 is 9.73 Å². The predicted molar refractivity (Wildman–Crippen MR) is 227 cm³/mol. The maximum atomic E-state index is 5.98. The van der Waals surface area contributed by atoms with Crippen LogP contribution in [-0.4, -0.2) is 10.3 Å². The van der Waals surface area contributed by atoms with E-state index in [1.807, 2.05) is 6.26 Å². The van der Waals surface area contributed by atoms with E-state index in [-0.39, 0.29) is 11.6 Å². The van der Waals surface area contributed by atoms with Crippen molar-refractivity contribution < 1.29 is 4.42 Å². The Morgan fingerprint density at radius 3 is 2.15 bits per heavy atom. The van der Waals surface area contributed by atoms with Crippen molar-refractivity contribution >= 4 is 44.3 Å². The van der Waals surface area contributed by atoms with Gasteiger partial charge in [0.05, 0.1) is 23.0 Å². The average molecular weight is 708 g/mol. The molecule has 0 amide bonds. The van der Waals surface area contributed by atoms with Crippen molar-refractivity contribution in [2.45, 2.75) is 25.4 Å². The Kier molecular flexibility index (Phi) is 6.93. The van der Waals surface area contributed by atoms with Crippen LogP contribution in [0.4, 0.5) is 0 Å². The van der Waals surface area contributed by atoms with Gasteiger partial charge in [0.25, 0.3) is 0 Å². The molecule has 1 N–H and O–H groups in total. The molecule has 0 saturated heterocycles. The van der Waals surface area contributed by atoms with Crippen LogP contribution in [0, 0.1) is 0 Å². The van der Waals surface area contributed by atoms with Crippen molar-refractivity contribution in [2.75, 3.05) is 0 Å². The highest BCUT2D eigenvalue weighted by Crippen LogP contribution is 2.51. The Balaban J connectivity index is 1.10. The molecule has 4 heteroatoms. The van der Waals surface area contributed by atoms with Gasteiger partial charge in [0.1, 0.15) is 17.6 Å². The number of nitrogens with one attached hydrogen (secondary N) is 1. The summed E-state index contributed by atoms with van der Waals surface area (Å²) in [5.41, 5.74) is 16.2. The third kappa shape index (κ3) is 4.88. The smallest absolute Gasteiger partial charge is 0.146 e. The topological polar surface area (TPSA) is 42.5 Å². The number of furan rings is 1. The molecule has 0 spiro atoms. The first kappa shape index (κ1) is 31.6. The molecule has 1 unspecified atom stereocenters. The summed E-state index contributed by atoms with van der Waals surface area (Å²) in [6, 6.07) is 59.0. The number of hydrogen-bond donors (Lipinski definition) is 1. The van der Waals surface area contributed by atoms with Gasteiger partial charge >= 0.3 is 0 Å². The zero-order chi connectivity index (χ0) is 36.7. The molecule has 1 aliphatic heterocycles. The van der Waals surface area contributed by atoms with Crippen molar-refractivity contribution in [3.05, 3.63) is 198 Å². The van der Waals surface area contributed by atoms with Crippen LogP contribution < -0.4 is 5.32 Å². The molecule has 2 aromatic heterocycles. The zero-order valence-electron chi connectivity index (χ0n) is 30.6. The second kappa shape index (κ2) is 12.1. The Morgan fingerprint density at radius 2 is 1.27 bits per heavy atom. The highest BCUT2D eigenvalue weighted by molar-refractivity contribution is 6.15. The maximum Gasteiger partial charge on any atom is 0.146 e. The van der Waals surface area contributed by atoms with Crippen LogP contribution in [0.3, 0.4) is 0 Å². The summed E-state index contributed by atoms with van der Waals surface area (Å²) in [7, 11) is 0. The van der Waals surface area contributed by atoms with Crippen LogP contribution >= 0.6 is 0 Å². The molecule has 7 aromatic carbocycles. The lowest BCUT2D eigenvalue weighted by atomic mass is 9.75. The number of aliphatic imine (C=N–C) groups is 1. The van der Waals surface area contributed by atoms with E-state index in [4.69, 9.17) is 9.41 Å². The predicted octanol–water partition coefficient (Wildman–Crippen LogP) is 12.8. The molecule has 0 radical (unpaired) electrons. The van der Waals surface area contributed by atoms with Crippen molar-refractivity contribution in [1.82, 2.24) is 9.88 Å². The van der Waals surface area contributed by atoms with E-state index in [1.165, 1.54) is 55.3 Å². The summed E-state index contributed by atoms with van der Waals surface area (Å²) in [6.07, 6.45) is 3.77. The van der Waals surface area contributed by atoms with Crippen molar-refractivity contribution in [3.63, 3.8) is 0 Å². The lowest BCUT2D eigenvalue weighted by molar-refractivity contribution is 0.616. The molecule has 262 valence electrons. The zero-order valence-corrected chi connectivity index (χ0v) is 30.6. The van der Waals surface area contributed by atoms with Crippen LogP contribution in [0.5, 0.6) is 0 Å². The fourth-order valence-corrected chi connectivity index (χ4v) is 9.06. The minimum absolute atomic E-state index is 0.211. The lowest BCUT2D eigenvalue weighted by Gasteiger charge is -2.28. The highest BCUT2D eigenvalue weighted by atomic mass is 16.3. The standard InChI is InChI=1S/C51H37N3O/c1-51(2)42-19-11-9-17-36(42)38-23-26-47-39(27-28-55-47)49(38)41-30-34(21-24-43(41)51)35-22-25-46-40(29-35)37-18-10-12-20-45(37)54(46)48-31-44(32-13-5-3-6-14-32)52-50(53-48)33-15-7-4-8-16-33/h3-31,50,53H,1-2H3. The van der Waals surface area contributed by atoms with Crippen LogP contribution in [0.15, 0.2) is 186 Å². The van der Waals surface area contributed by atoms with Gasteiger partial charge in [0.15, 0.2) is 0 Å². The van der Waals surface area contributed by atoms with Crippen molar-refractivity contribution in [3.8, 4) is 33.4 Å². The van der Waals surface area contributed by atoms with Crippen molar-refractivity contribution in [1.29, 1.82) is 0 Å². The second-order valence-electron chi connectivity index (χ2n) is 15.2. The molecule has 0 saturated carbocycles. The summed E-state index contributed by atoms with van der Waals surface area (Å²) >= 11 is 0. The molecule has 0 bridgehead atoms. The largest absolute Gasteiger partial charge is 0.464 e. The van der Waals surface area contributed by atoms with Crippen LogP contribution in [0.25, 0.3) is 72.0 Å². The van der Waals surface area contributed by atoms with E-state index in [0.29, 0.717) is 0 Å². The van der Waals surface area contributed by atoms with E-state index in [2.05, 4.69) is 194 Å². The number of nitrogens with zero attached hydrogens (tertiary/aromatic N) is 2. The molecule has 1 aliphatic carbocycles. The molecule has 0 fully saturated rings. The van der Waals surface area contributed by atoms with Crippen LogP contribution in [0.1, 0.15) is 42.3 Å². The van der Waals surface area contributed by atoms with Gasteiger partial charge in [-0.1, -0.05) is 135 Å². The van der Waals surface area contributed by atoms with Gasteiger partial charge in [-0.15, -0.1) is 0 Å². The maximum absolute atomic E-state index is 5.98. The van der Waals surface area contributed by atoms with E-state index >= 15 is 0 Å². The number of fused-ring (bicyclic) bond motifs is 10. The average Bonchev–Trinajstić information content (AvgIpc) is 3.84. The number of benzene rings is 7. The molecule has 55 heavy (non-hydrogen) atoms. The number of allylic oxidation sites excluding steroid dienone is 1. The summed E-state index contributed by atoms with van der Waals surface area (Å²) < 4.78 is 8.35. The molecule has 3 heterocycles. The highest BCUT2D eigenvalue weighted by Gasteiger charge is 2.34. The monoisotopic (exact) mass is 707 g/mol. The number of hydrogen-bond acceptors (Lipinski definition) is 3.